The lowest BCUT2D eigenvalue weighted by Gasteiger charge is -2.21. The average molecular weight is 395 g/mol. The molecule has 0 aliphatic heterocycles. The molecule has 140 valence electrons. The fourth-order valence-electron chi connectivity index (χ4n) is 2.30. The van der Waals surface area contributed by atoms with Crippen molar-refractivity contribution in [3.8, 4) is 0 Å². The topological polar surface area (TPSA) is 75.3 Å². The Hall–Kier alpha value is -1.89. The molecule has 0 atom stereocenters. The summed E-state index contributed by atoms with van der Waals surface area (Å²) >= 11 is 6.05. The molecule has 0 aromatic heterocycles. The SMILES string of the molecule is Cc1ccc(CNC(=O)c2ccc(Cl)c(S(=O)(=O)NC(C)(C)C)c2)cc1. The van der Waals surface area contributed by atoms with Gasteiger partial charge in [-0.3, -0.25) is 4.79 Å². The Morgan fingerprint density at radius 3 is 2.27 bits per heavy atom. The lowest BCUT2D eigenvalue weighted by Crippen LogP contribution is -2.40. The third kappa shape index (κ3) is 5.56. The van der Waals surface area contributed by atoms with Crippen LogP contribution < -0.4 is 10.0 Å². The van der Waals surface area contributed by atoms with Gasteiger partial charge >= 0.3 is 0 Å². The first-order valence-corrected chi connectivity index (χ1v) is 10.0. The van der Waals surface area contributed by atoms with E-state index in [2.05, 4.69) is 10.0 Å². The van der Waals surface area contributed by atoms with Gasteiger partial charge in [0.15, 0.2) is 0 Å². The molecule has 0 heterocycles. The van der Waals surface area contributed by atoms with Crippen molar-refractivity contribution in [1.82, 2.24) is 10.0 Å². The quantitative estimate of drug-likeness (QED) is 0.812. The fourth-order valence-corrected chi connectivity index (χ4v) is 4.24. The second-order valence-corrected chi connectivity index (χ2v) is 9.23. The third-order valence-electron chi connectivity index (χ3n) is 3.50. The maximum absolute atomic E-state index is 12.5. The van der Waals surface area contributed by atoms with Crippen molar-refractivity contribution < 1.29 is 13.2 Å². The van der Waals surface area contributed by atoms with Crippen molar-refractivity contribution in [2.24, 2.45) is 0 Å². The molecule has 1 amide bonds. The number of sulfonamides is 1. The first-order chi connectivity index (χ1) is 12.0. The van der Waals surface area contributed by atoms with Crippen LogP contribution in [0.15, 0.2) is 47.4 Å². The van der Waals surface area contributed by atoms with Gasteiger partial charge in [-0.25, -0.2) is 13.1 Å². The molecule has 0 aliphatic carbocycles. The highest BCUT2D eigenvalue weighted by Gasteiger charge is 2.25. The van der Waals surface area contributed by atoms with E-state index in [-0.39, 0.29) is 21.4 Å². The van der Waals surface area contributed by atoms with Gasteiger partial charge in [0, 0.05) is 17.6 Å². The first kappa shape index (κ1) is 20.4. The van der Waals surface area contributed by atoms with E-state index in [0.717, 1.165) is 11.1 Å². The van der Waals surface area contributed by atoms with E-state index in [9.17, 15) is 13.2 Å². The summed E-state index contributed by atoms with van der Waals surface area (Å²) in [6.07, 6.45) is 0. The van der Waals surface area contributed by atoms with Gasteiger partial charge in [0.05, 0.1) is 5.02 Å². The summed E-state index contributed by atoms with van der Waals surface area (Å²) in [6, 6.07) is 12.0. The summed E-state index contributed by atoms with van der Waals surface area (Å²) in [5.41, 5.74) is 1.67. The van der Waals surface area contributed by atoms with E-state index >= 15 is 0 Å². The van der Waals surface area contributed by atoms with E-state index < -0.39 is 15.6 Å². The zero-order chi connectivity index (χ0) is 19.5. The zero-order valence-corrected chi connectivity index (χ0v) is 16.8. The van der Waals surface area contributed by atoms with Crippen LogP contribution in [0.3, 0.4) is 0 Å². The number of rotatable bonds is 5. The number of halogens is 1. The minimum atomic E-state index is -3.84. The summed E-state index contributed by atoms with van der Waals surface area (Å²) in [4.78, 5) is 12.3. The molecule has 0 spiro atoms. The highest BCUT2D eigenvalue weighted by Crippen LogP contribution is 2.24. The van der Waals surface area contributed by atoms with Gasteiger partial charge in [-0.2, -0.15) is 0 Å². The molecule has 2 N–H and O–H groups in total. The van der Waals surface area contributed by atoms with E-state index in [0.29, 0.717) is 6.54 Å². The predicted molar refractivity (Wildman–Crippen MR) is 104 cm³/mol. The average Bonchev–Trinajstić information content (AvgIpc) is 2.52. The summed E-state index contributed by atoms with van der Waals surface area (Å²) in [7, 11) is -3.84. The van der Waals surface area contributed by atoms with Gasteiger partial charge in [0.1, 0.15) is 4.90 Å². The Bertz CT molecular complexity index is 901. The Balaban J connectivity index is 2.20. The molecule has 2 aromatic rings. The van der Waals surface area contributed by atoms with E-state index in [1.165, 1.54) is 18.2 Å². The highest BCUT2D eigenvalue weighted by atomic mass is 35.5. The molecule has 0 aliphatic rings. The summed E-state index contributed by atoms with van der Waals surface area (Å²) in [5.74, 6) is -0.366. The van der Waals surface area contributed by atoms with Gasteiger partial charge in [-0.15, -0.1) is 0 Å². The second-order valence-electron chi connectivity index (χ2n) is 7.17. The summed E-state index contributed by atoms with van der Waals surface area (Å²) in [5, 5.41) is 2.85. The van der Waals surface area contributed by atoms with Crippen molar-refractivity contribution in [3.63, 3.8) is 0 Å². The van der Waals surface area contributed by atoms with Gasteiger partial charge in [-0.1, -0.05) is 41.4 Å². The number of hydrogen-bond acceptors (Lipinski definition) is 3. The van der Waals surface area contributed by atoms with Crippen LogP contribution in [0.5, 0.6) is 0 Å². The molecule has 0 unspecified atom stereocenters. The van der Waals surface area contributed by atoms with Crippen LogP contribution in [0.4, 0.5) is 0 Å². The van der Waals surface area contributed by atoms with Crippen LogP contribution >= 0.6 is 11.6 Å². The second kappa shape index (κ2) is 7.78. The minimum absolute atomic E-state index is 0.0665. The van der Waals surface area contributed by atoms with Crippen molar-refractivity contribution in [2.45, 2.75) is 44.7 Å². The van der Waals surface area contributed by atoms with Crippen molar-refractivity contribution in [3.05, 3.63) is 64.2 Å². The number of benzene rings is 2. The number of amides is 1. The molecule has 0 fully saturated rings. The van der Waals surface area contributed by atoms with Crippen LogP contribution in [0.1, 0.15) is 42.3 Å². The monoisotopic (exact) mass is 394 g/mol. The van der Waals surface area contributed by atoms with Crippen LogP contribution in [0, 0.1) is 6.92 Å². The van der Waals surface area contributed by atoms with Gasteiger partial charge in [0.25, 0.3) is 5.91 Å². The zero-order valence-electron chi connectivity index (χ0n) is 15.3. The maximum Gasteiger partial charge on any atom is 0.251 e. The van der Waals surface area contributed by atoms with E-state index in [1.54, 1.807) is 20.8 Å². The largest absolute Gasteiger partial charge is 0.348 e. The number of nitrogens with one attached hydrogen (secondary N) is 2. The molecule has 0 saturated heterocycles. The molecule has 7 heteroatoms. The lowest BCUT2D eigenvalue weighted by molar-refractivity contribution is 0.0950. The van der Waals surface area contributed by atoms with Crippen LogP contribution in [-0.2, 0) is 16.6 Å². The van der Waals surface area contributed by atoms with E-state index in [4.69, 9.17) is 11.6 Å². The van der Waals surface area contributed by atoms with Gasteiger partial charge in [0.2, 0.25) is 10.0 Å². The molecular formula is C19H23ClN2O3S. The number of carbonyl (C=O) groups excluding carboxylic acids is 1. The van der Waals surface area contributed by atoms with Crippen molar-refractivity contribution in [2.75, 3.05) is 0 Å². The smallest absolute Gasteiger partial charge is 0.251 e. The Morgan fingerprint density at radius 2 is 1.69 bits per heavy atom. The highest BCUT2D eigenvalue weighted by molar-refractivity contribution is 7.89. The summed E-state index contributed by atoms with van der Waals surface area (Å²) in [6.45, 7) is 7.54. The summed E-state index contributed by atoms with van der Waals surface area (Å²) < 4.78 is 27.6. The lowest BCUT2D eigenvalue weighted by atomic mass is 10.1. The van der Waals surface area contributed by atoms with Crippen molar-refractivity contribution in [1.29, 1.82) is 0 Å². The van der Waals surface area contributed by atoms with Gasteiger partial charge < -0.3 is 5.32 Å². The molecular weight excluding hydrogens is 372 g/mol. The fraction of sp³-hybridized carbons (Fsp3) is 0.316. The van der Waals surface area contributed by atoms with Crippen LogP contribution in [-0.4, -0.2) is 19.9 Å². The van der Waals surface area contributed by atoms with E-state index in [1.807, 2.05) is 31.2 Å². The first-order valence-electron chi connectivity index (χ1n) is 8.15. The molecule has 2 aromatic carbocycles. The van der Waals surface area contributed by atoms with Crippen molar-refractivity contribution >= 4 is 27.5 Å². The maximum atomic E-state index is 12.5. The molecule has 2 rings (SSSR count). The minimum Gasteiger partial charge on any atom is -0.348 e. The van der Waals surface area contributed by atoms with Gasteiger partial charge in [-0.05, 0) is 51.5 Å². The predicted octanol–water partition coefficient (Wildman–Crippen LogP) is 3.66. The van der Waals surface area contributed by atoms with Crippen LogP contribution in [0.2, 0.25) is 5.02 Å². The normalized spacial score (nSPS) is 12.0. The standard InChI is InChI=1S/C19H23ClN2O3S/c1-13-5-7-14(8-6-13)12-21-18(23)15-9-10-16(20)17(11-15)26(24,25)22-19(2,3)4/h5-11,22H,12H2,1-4H3,(H,21,23). The molecule has 26 heavy (non-hydrogen) atoms. The number of carbonyl (C=O) groups is 1. The molecule has 0 bridgehead atoms. The molecule has 0 radical (unpaired) electrons. The Labute approximate surface area is 159 Å². The molecule has 0 saturated carbocycles. The Kier molecular flexibility index (Phi) is 6.11. The van der Waals surface area contributed by atoms with Crippen LogP contribution in [0.25, 0.3) is 0 Å². The number of aryl methyl sites for hydroxylation is 1. The third-order valence-corrected chi connectivity index (χ3v) is 5.74. The molecule has 5 nitrogen and oxygen atoms in total. The number of hydrogen-bond donors (Lipinski definition) is 2. The Morgan fingerprint density at radius 1 is 1.08 bits per heavy atom.